The summed E-state index contributed by atoms with van der Waals surface area (Å²) >= 11 is 0. The average Bonchev–Trinajstić information content (AvgIpc) is 2.26. The summed E-state index contributed by atoms with van der Waals surface area (Å²) in [6.45, 7) is 6.16. The number of nitrogens with one attached hydrogen (secondary N) is 1. The van der Waals surface area contributed by atoms with Crippen molar-refractivity contribution in [2.75, 3.05) is 26.9 Å². The Morgan fingerprint density at radius 3 is 1.60 bits per heavy atom. The number of aryl methyl sites for hydroxylation is 3. The fraction of sp³-hybridized carbons (Fsp3) is 0.500. The van der Waals surface area contributed by atoms with Crippen LogP contribution in [0.5, 0.6) is 0 Å². The second-order valence-corrected chi connectivity index (χ2v) is 5.10. The smallest absolute Gasteiger partial charge is 0.397 e. The Kier molecular flexibility index (Phi) is 14.4. The van der Waals surface area contributed by atoms with Crippen molar-refractivity contribution >= 4 is 28.5 Å². The Labute approximate surface area is 128 Å². The van der Waals surface area contributed by atoms with E-state index >= 15 is 0 Å². The molecule has 0 aromatic heterocycles. The van der Waals surface area contributed by atoms with E-state index in [0.717, 1.165) is 12.8 Å². The van der Waals surface area contributed by atoms with Gasteiger partial charge in [-0.2, -0.15) is 8.42 Å². The lowest BCUT2D eigenvalue weighted by Gasteiger charge is -2.04. The molecule has 0 aliphatic heterocycles. The van der Waals surface area contributed by atoms with E-state index in [9.17, 15) is 8.42 Å². The fourth-order valence-electron chi connectivity index (χ4n) is 1.19. The van der Waals surface area contributed by atoms with E-state index in [-0.39, 0.29) is 12.4 Å². The van der Waals surface area contributed by atoms with Crippen molar-refractivity contribution in [3.8, 4) is 0 Å². The standard InChI is InChI=1S/C9H13N.C2H7N.CH4O4S.ClH/c1-6-4-7(2)9(10)8(3)5-6;1-3-2;1-5-6(2,3)4;/h4-5H,10H2,1-3H3;3H,1-2H3;1H3,(H,2,3,4);1H. The van der Waals surface area contributed by atoms with Gasteiger partial charge in [-0.25, -0.2) is 0 Å². The molecule has 0 unspecified atom stereocenters. The van der Waals surface area contributed by atoms with Gasteiger partial charge < -0.3 is 11.1 Å². The molecular weight excluding hydrogens is 304 g/mol. The van der Waals surface area contributed by atoms with Gasteiger partial charge in [0.25, 0.3) is 0 Å². The van der Waals surface area contributed by atoms with Gasteiger partial charge in [-0.1, -0.05) is 17.7 Å². The normalized spacial score (nSPS) is 9.35. The molecule has 0 heterocycles. The average molecular weight is 329 g/mol. The SMILES string of the molecule is CNC.COS(=O)(=O)O.Cc1cc(C)c(N)c(C)c1.Cl. The summed E-state index contributed by atoms with van der Waals surface area (Å²) in [5.74, 6) is 0. The first kappa shape index (κ1) is 24.2. The van der Waals surface area contributed by atoms with Gasteiger partial charge in [0.15, 0.2) is 0 Å². The first-order valence-corrected chi connectivity index (χ1v) is 6.90. The third kappa shape index (κ3) is 13.6. The highest BCUT2D eigenvalue weighted by atomic mass is 35.5. The number of nitrogen functional groups attached to an aromatic ring is 1. The van der Waals surface area contributed by atoms with Crippen molar-refractivity contribution in [3.05, 3.63) is 28.8 Å². The maximum atomic E-state index is 9.33. The van der Waals surface area contributed by atoms with Crippen LogP contribution in [-0.2, 0) is 14.6 Å². The number of hydrogen-bond donors (Lipinski definition) is 3. The number of nitrogens with two attached hydrogens (primary N) is 1. The van der Waals surface area contributed by atoms with Crippen molar-refractivity contribution in [3.63, 3.8) is 0 Å². The van der Waals surface area contributed by atoms with Gasteiger partial charge in [0.2, 0.25) is 0 Å². The van der Waals surface area contributed by atoms with Crippen molar-refractivity contribution in [1.82, 2.24) is 5.32 Å². The van der Waals surface area contributed by atoms with Crippen molar-refractivity contribution in [2.45, 2.75) is 20.8 Å². The predicted octanol–water partition coefficient (Wildman–Crippen LogP) is 1.89. The van der Waals surface area contributed by atoms with Crippen LogP contribution < -0.4 is 11.1 Å². The molecule has 4 N–H and O–H groups in total. The van der Waals surface area contributed by atoms with E-state index in [0.29, 0.717) is 0 Å². The van der Waals surface area contributed by atoms with Crippen LogP contribution in [-0.4, -0.2) is 34.2 Å². The molecule has 0 radical (unpaired) electrons. The first-order chi connectivity index (χ1) is 8.58. The monoisotopic (exact) mass is 328 g/mol. The van der Waals surface area contributed by atoms with Crippen molar-refractivity contribution in [1.29, 1.82) is 0 Å². The van der Waals surface area contributed by atoms with Gasteiger partial charge >= 0.3 is 10.4 Å². The molecule has 0 fully saturated rings. The van der Waals surface area contributed by atoms with Crippen molar-refractivity contribution in [2.24, 2.45) is 0 Å². The molecule has 1 rings (SSSR count). The van der Waals surface area contributed by atoms with E-state index in [1.807, 2.05) is 27.9 Å². The molecule has 8 heteroatoms. The fourth-order valence-corrected chi connectivity index (χ4v) is 1.19. The second kappa shape index (κ2) is 11.9. The number of anilines is 1. The van der Waals surface area contributed by atoms with E-state index in [1.54, 1.807) is 0 Å². The molecule has 1 aromatic rings. The Balaban J connectivity index is -0.000000251. The first-order valence-electron chi connectivity index (χ1n) is 5.53. The summed E-state index contributed by atoms with van der Waals surface area (Å²) in [6, 6.07) is 4.20. The van der Waals surface area contributed by atoms with Crippen molar-refractivity contribution < 1.29 is 17.2 Å². The van der Waals surface area contributed by atoms with E-state index in [1.165, 1.54) is 16.7 Å². The number of rotatable bonds is 1. The van der Waals surface area contributed by atoms with Crippen LogP contribution in [0.4, 0.5) is 5.69 Å². The third-order valence-electron chi connectivity index (χ3n) is 1.95. The summed E-state index contributed by atoms with van der Waals surface area (Å²) in [5.41, 5.74) is 10.3. The zero-order valence-corrected chi connectivity index (χ0v) is 14.4. The van der Waals surface area contributed by atoms with Crippen LogP contribution in [0.25, 0.3) is 0 Å². The molecule has 0 amide bonds. The summed E-state index contributed by atoms with van der Waals surface area (Å²) in [6.07, 6.45) is 0. The minimum absolute atomic E-state index is 0. The molecule has 0 saturated carbocycles. The zero-order chi connectivity index (χ0) is 15.6. The van der Waals surface area contributed by atoms with Crippen LogP contribution in [0.3, 0.4) is 0 Å². The van der Waals surface area contributed by atoms with Crippen LogP contribution in [0.15, 0.2) is 12.1 Å². The van der Waals surface area contributed by atoms with E-state index in [4.69, 9.17) is 10.3 Å². The van der Waals surface area contributed by atoms with Gasteiger partial charge in [-0.15, -0.1) is 12.4 Å². The van der Waals surface area contributed by atoms with Gasteiger partial charge in [-0.05, 0) is 46.0 Å². The molecule has 0 aliphatic rings. The van der Waals surface area contributed by atoms with Gasteiger partial charge in [0.1, 0.15) is 0 Å². The summed E-state index contributed by atoms with van der Waals surface area (Å²) in [5, 5.41) is 2.75. The molecule has 0 atom stereocenters. The summed E-state index contributed by atoms with van der Waals surface area (Å²) in [7, 11) is 0.458. The van der Waals surface area contributed by atoms with Gasteiger partial charge in [0, 0.05) is 5.69 Å². The molecule has 0 saturated heterocycles. The Morgan fingerprint density at radius 1 is 1.15 bits per heavy atom. The van der Waals surface area contributed by atoms with Crippen LogP contribution in [0, 0.1) is 20.8 Å². The highest BCUT2D eigenvalue weighted by molar-refractivity contribution is 7.80. The third-order valence-corrected chi connectivity index (χ3v) is 2.37. The zero-order valence-electron chi connectivity index (χ0n) is 12.7. The molecule has 0 aliphatic carbocycles. The highest BCUT2D eigenvalue weighted by Gasteiger charge is 1.96. The lowest BCUT2D eigenvalue weighted by molar-refractivity contribution is 0.324. The molecule has 120 valence electrons. The number of halogens is 1. The lowest BCUT2D eigenvalue weighted by Crippen LogP contribution is -1.96. The summed E-state index contributed by atoms with van der Waals surface area (Å²) < 4.78 is 29.7. The van der Waals surface area contributed by atoms with Gasteiger partial charge in [-0.3, -0.25) is 8.74 Å². The molecular formula is C12H25ClN2O4S. The topological polar surface area (TPSA) is 102 Å². The molecule has 20 heavy (non-hydrogen) atoms. The lowest BCUT2D eigenvalue weighted by atomic mass is 10.1. The minimum Gasteiger partial charge on any atom is -0.398 e. The second-order valence-electron chi connectivity index (χ2n) is 3.91. The highest BCUT2D eigenvalue weighted by Crippen LogP contribution is 2.17. The van der Waals surface area contributed by atoms with E-state index in [2.05, 4.69) is 28.6 Å². The Bertz CT molecular complexity index is 455. The predicted molar refractivity (Wildman–Crippen MR) is 85.9 cm³/mol. The minimum atomic E-state index is -4.16. The van der Waals surface area contributed by atoms with E-state index < -0.39 is 10.4 Å². The molecule has 0 bridgehead atoms. The molecule has 0 spiro atoms. The van der Waals surface area contributed by atoms with Gasteiger partial charge in [0.05, 0.1) is 7.11 Å². The Morgan fingerprint density at radius 2 is 1.40 bits per heavy atom. The number of hydrogen-bond acceptors (Lipinski definition) is 5. The maximum absolute atomic E-state index is 9.33. The van der Waals surface area contributed by atoms with Crippen LogP contribution in [0.2, 0.25) is 0 Å². The largest absolute Gasteiger partial charge is 0.398 e. The van der Waals surface area contributed by atoms with Crippen LogP contribution in [0.1, 0.15) is 16.7 Å². The Hall–Kier alpha value is -0.860. The summed E-state index contributed by atoms with van der Waals surface area (Å²) in [4.78, 5) is 0. The quantitative estimate of drug-likeness (QED) is 0.537. The molecule has 1 aromatic carbocycles. The molecule has 6 nitrogen and oxygen atoms in total. The van der Waals surface area contributed by atoms with Crippen LogP contribution >= 0.6 is 12.4 Å². The maximum Gasteiger partial charge on any atom is 0.397 e. The number of benzene rings is 1.